The number of aromatic nitrogens is 5. The van der Waals surface area contributed by atoms with Crippen LogP contribution in [0.25, 0.3) is 17.1 Å². The number of carbonyl (C=O) groups is 1. The first-order valence-corrected chi connectivity index (χ1v) is 10.8. The molecule has 0 fully saturated rings. The molecule has 0 aliphatic heterocycles. The molecule has 4 rings (SSSR count). The zero-order valence-electron chi connectivity index (χ0n) is 18.0. The molecule has 4 aromatic rings. The fourth-order valence-electron chi connectivity index (χ4n) is 2.93. The summed E-state index contributed by atoms with van der Waals surface area (Å²) in [6, 6.07) is 13.0. The van der Waals surface area contributed by atoms with Crippen LogP contribution in [0.2, 0.25) is 0 Å². The van der Waals surface area contributed by atoms with Crippen LogP contribution in [0.1, 0.15) is 0 Å². The number of thioether (sulfide) groups is 1. The number of anilines is 1. The minimum absolute atomic E-state index is 0.0220. The van der Waals surface area contributed by atoms with Gasteiger partial charge in [0.15, 0.2) is 11.0 Å². The summed E-state index contributed by atoms with van der Waals surface area (Å²) in [5.74, 6) is -0.348. The number of hydrogen-bond donors (Lipinski definition) is 1. The van der Waals surface area contributed by atoms with Crippen LogP contribution in [0.15, 0.2) is 59.8 Å². The molecule has 2 aromatic heterocycles. The Bertz CT molecular complexity index is 1280. The molecule has 0 atom stereocenters. The van der Waals surface area contributed by atoms with E-state index in [-0.39, 0.29) is 29.3 Å². The summed E-state index contributed by atoms with van der Waals surface area (Å²) in [6.45, 7) is 0. The lowest BCUT2D eigenvalue weighted by Gasteiger charge is -2.11. The lowest BCUT2D eigenvalue weighted by Crippen LogP contribution is -2.17. The van der Waals surface area contributed by atoms with Gasteiger partial charge in [-0.25, -0.2) is 8.78 Å². The van der Waals surface area contributed by atoms with Gasteiger partial charge in [-0.2, -0.15) is 9.97 Å². The Kier molecular flexibility index (Phi) is 6.97. The van der Waals surface area contributed by atoms with E-state index in [4.69, 9.17) is 9.47 Å². The summed E-state index contributed by atoms with van der Waals surface area (Å²) >= 11 is 1.10. The third-order valence-corrected chi connectivity index (χ3v) is 5.43. The van der Waals surface area contributed by atoms with Gasteiger partial charge in [0.25, 0.3) is 0 Å². The van der Waals surface area contributed by atoms with Gasteiger partial charge < -0.3 is 9.47 Å². The third kappa shape index (κ3) is 5.29. The van der Waals surface area contributed by atoms with Crippen LogP contribution >= 0.6 is 11.8 Å². The second kappa shape index (κ2) is 10.3. The molecular formula is C22H18F2N6O3S. The minimum atomic E-state index is -0.405. The van der Waals surface area contributed by atoms with Crippen LogP contribution in [-0.2, 0) is 4.79 Å². The average molecular weight is 484 g/mol. The van der Waals surface area contributed by atoms with Gasteiger partial charge in [-0.05, 0) is 48.5 Å². The molecule has 2 aromatic carbocycles. The highest BCUT2D eigenvalue weighted by atomic mass is 32.2. The normalized spacial score (nSPS) is 10.7. The SMILES string of the molecule is COc1cc(OC)nc(NC(=O)CSc2nnc(-c3ccc(F)cc3)n2-c2ccc(F)cc2)n1. The summed E-state index contributed by atoms with van der Waals surface area (Å²) in [6.07, 6.45) is 0. The minimum Gasteiger partial charge on any atom is -0.481 e. The van der Waals surface area contributed by atoms with E-state index < -0.39 is 11.7 Å². The number of methoxy groups -OCH3 is 2. The maximum atomic E-state index is 13.5. The van der Waals surface area contributed by atoms with Crippen molar-refractivity contribution in [2.24, 2.45) is 0 Å². The number of rotatable bonds is 8. The number of carbonyl (C=O) groups excluding carboxylic acids is 1. The molecule has 12 heteroatoms. The van der Waals surface area contributed by atoms with E-state index in [0.717, 1.165) is 11.8 Å². The van der Waals surface area contributed by atoms with Crippen molar-refractivity contribution in [2.45, 2.75) is 5.16 Å². The van der Waals surface area contributed by atoms with Crippen molar-refractivity contribution in [1.29, 1.82) is 0 Å². The van der Waals surface area contributed by atoms with Gasteiger partial charge in [0.05, 0.1) is 26.0 Å². The lowest BCUT2D eigenvalue weighted by molar-refractivity contribution is -0.113. The molecule has 0 saturated carbocycles. The Balaban J connectivity index is 1.58. The van der Waals surface area contributed by atoms with E-state index in [0.29, 0.717) is 22.2 Å². The topological polar surface area (TPSA) is 104 Å². The number of ether oxygens (including phenoxy) is 2. The summed E-state index contributed by atoms with van der Waals surface area (Å²) in [5, 5.41) is 11.4. The van der Waals surface area contributed by atoms with Gasteiger partial charge in [-0.1, -0.05) is 11.8 Å². The molecule has 174 valence electrons. The van der Waals surface area contributed by atoms with Crippen molar-refractivity contribution in [2.75, 3.05) is 25.3 Å². The Morgan fingerprint density at radius 1 is 0.941 bits per heavy atom. The highest BCUT2D eigenvalue weighted by Crippen LogP contribution is 2.28. The van der Waals surface area contributed by atoms with Crippen molar-refractivity contribution in [3.8, 4) is 28.8 Å². The van der Waals surface area contributed by atoms with Crippen molar-refractivity contribution in [3.05, 3.63) is 66.2 Å². The maximum absolute atomic E-state index is 13.5. The van der Waals surface area contributed by atoms with Crippen molar-refractivity contribution < 1.29 is 23.0 Å². The van der Waals surface area contributed by atoms with Crippen molar-refractivity contribution >= 4 is 23.6 Å². The molecule has 0 aliphatic carbocycles. The Morgan fingerprint density at radius 3 is 2.12 bits per heavy atom. The van der Waals surface area contributed by atoms with Crippen LogP contribution in [0, 0.1) is 11.6 Å². The smallest absolute Gasteiger partial charge is 0.237 e. The molecule has 1 N–H and O–H groups in total. The van der Waals surface area contributed by atoms with Crippen molar-refractivity contribution in [1.82, 2.24) is 24.7 Å². The van der Waals surface area contributed by atoms with Gasteiger partial charge >= 0.3 is 0 Å². The van der Waals surface area contributed by atoms with Crippen LogP contribution in [0.3, 0.4) is 0 Å². The maximum Gasteiger partial charge on any atom is 0.237 e. The highest BCUT2D eigenvalue weighted by molar-refractivity contribution is 7.99. The number of amides is 1. The van der Waals surface area contributed by atoms with E-state index in [2.05, 4.69) is 25.5 Å². The monoisotopic (exact) mass is 484 g/mol. The first kappa shape index (κ1) is 23.1. The first-order chi connectivity index (χ1) is 16.5. The average Bonchev–Trinajstić information content (AvgIpc) is 3.27. The standard InChI is InChI=1S/C22H18F2N6O3S/c1-32-18-11-19(33-2)27-21(26-18)25-17(31)12-34-22-29-28-20(13-3-5-14(23)6-4-13)30(22)16-9-7-15(24)8-10-16/h3-11H,12H2,1-2H3,(H,25,26,27,31). The van der Waals surface area contributed by atoms with E-state index >= 15 is 0 Å². The molecule has 0 spiro atoms. The predicted octanol–water partition coefficient (Wildman–Crippen LogP) is 3.75. The largest absolute Gasteiger partial charge is 0.481 e. The number of benzene rings is 2. The lowest BCUT2D eigenvalue weighted by atomic mass is 10.2. The fourth-order valence-corrected chi connectivity index (χ4v) is 3.68. The number of hydrogen-bond acceptors (Lipinski definition) is 8. The summed E-state index contributed by atoms with van der Waals surface area (Å²) in [4.78, 5) is 20.7. The quantitative estimate of drug-likeness (QED) is 0.377. The van der Waals surface area contributed by atoms with Gasteiger partial charge in [0.2, 0.25) is 23.6 Å². The summed E-state index contributed by atoms with van der Waals surface area (Å²) in [5.41, 5.74) is 1.18. The number of halogens is 2. The third-order valence-electron chi connectivity index (χ3n) is 4.50. The zero-order chi connectivity index (χ0) is 24.1. The number of nitrogens with one attached hydrogen (secondary N) is 1. The Morgan fingerprint density at radius 2 is 1.53 bits per heavy atom. The Hall–Kier alpha value is -4.06. The molecule has 0 saturated heterocycles. The van der Waals surface area contributed by atoms with Crippen LogP contribution < -0.4 is 14.8 Å². The first-order valence-electron chi connectivity index (χ1n) is 9.84. The molecular weight excluding hydrogens is 466 g/mol. The second-order valence-corrected chi connectivity index (χ2v) is 7.68. The molecule has 0 radical (unpaired) electrons. The molecule has 9 nitrogen and oxygen atoms in total. The van der Waals surface area contributed by atoms with Gasteiger partial charge in [0, 0.05) is 11.3 Å². The summed E-state index contributed by atoms with van der Waals surface area (Å²) < 4.78 is 38.7. The number of nitrogens with zero attached hydrogens (tertiary/aromatic N) is 5. The van der Waals surface area contributed by atoms with E-state index in [1.165, 1.54) is 44.6 Å². The second-order valence-electron chi connectivity index (χ2n) is 6.74. The Labute approximate surface area is 197 Å². The van der Waals surface area contributed by atoms with Crippen LogP contribution in [-0.4, -0.2) is 50.6 Å². The van der Waals surface area contributed by atoms with E-state index in [1.807, 2.05) is 0 Å². The fraction of sp³-hybridized carbons (Fsp3) is 0.136. The summed E-state index contributed by atoms with van der Waals surface area (Å²) in [7, 11) is 2.87. The van der Waals surface area contributed by atoms with Crippen LogP contribution in [0.4, 0.5) is 14.7 Å². The van der Waals surface area contributed by atoms with Gasteiger partial charge in [-0.3, -0.25) is 14.7 Å². The van der Waals surface area contributed by atoms with E-state index in [9.17, 15) is 13.6 Å². The molecule has 34 heavy (non-hydrogen) atoms. The highest BCUT2D eigenvalue weighted by Gasteiger charge is 2.18. The molecule has 2 heterocycles. The van der Waals surface area contributed by atoms with Crippen molar-refractivity contribution in [3.63, 3.8) is 0 Å². The van der Waals surface area contributed by atoms with Gasteiger partial charge in [-0.15, -0.1) is 10.2 Å². The predicted molar refractivity (Wildman–Crippen MR) is 121 cm³/mol. The van der Waals surface area contributed by atoms with Gasteiger partial charge in [0.1, 0.15) is 11.6 Å². The molecule has 0 unspecified atom stereocenters. The molecule has 0 bridgehead atoms. The molecule has 1 amide bonds. The molecule has 0 aliphatic rings. The van der Waals surface area contributed by atoms with Crippen LogP contribution in [0.5, 0.6) is 11.8 Å². The van der Waals surface area contributed by atoms with E-state index in [1.54, 1.807) is 28.8 Å². The zero-order valence-corrected chi connectivity index (χ0v) is 18.8.